The number of anilines is 1. The molecular weight excluding hydrogens is 267 g/mol. The van der Waals surface area contributed by atoms with Crippen molar-refractivity contribution in [2.24, 2.45) is 0 Å². The van der Waals surface area contributed by atoms with E-state index in [1.54, 1.807) is 6.07 Å². The number of thiophene rings is 1. The Bertz CT molecular complexity index is 661. The van der Waals surface area contributed by atoms with Gasteiger partial charge in [-0.3, -0.25) is 0 Å². The van der Waals surface area contributed by atoms with Crippen molar-refractivity contribution in [3.8, 4) is 6.07 Å². The van der Waals surface area contributed by atoms with Gasteiger partial charge in [-0.1, -0.05) is 0 Å². The number of carboxylic acid groups (broad SMARTS) is 1. The second kappa shape index (κ2) is 5.50. The molecule has 0 unspecified atom stereocenters. The van der Waals surface area contributed by atoms with Gasteiger partial charge in [-0.2, -0.15) is 5.26 Å². The lowest BCUT2D eigenvalue weighted by Crippen LogP contribution is -2.00. The Morgan fingerprint density at radius 1 is 1.47 bits per heavy atom. The number of benzene rings is 1. The summed E-state index contributed by atoms with van der Waals surface area (Å²) in [7, 11) is 0. The van der Waals surface area contributed by atoms with Crippen LogP contribution in [-0.4, -0.2) is 11.1 Å². The summed E-state index contributed by atoms with van der Waals surface area (Å²) >= 11 is 1.29. The Morgan fingerprint density at radius 2 is 2.26 bits per heavy atom. The fourth-order valence-corrected chi connectivity index (χ4v) is 2.29. The Hall–Kier alpha value is -2.39. The van der Waals surface area contributed by atoms with Crippen LogP contribution in [0.15, 0.2) is 29.6 Å². The average Bonchev–Trinajstić information content (AvgIpc) is 2.86. The third kappa shape index (κ3) is 3.09. The molecule has 19 heavy (non-hydrogen) atoms. The lowest BCUT2D eigenvalue weighted by Gasteiger charge is -2.06. The zero-order valence-electron chi connectivity index (χ0n) is 9.68. The van der Waals surface area contributed by atoms with E-state index in [1.807, 2.05) is 6.07 Å². The van der Waals surface area contributed by atoms with Crippen molar-refractivity contribution in [2.45, 2.75) is 6.54 Å². The number of hydrogen-bond donors (Lipinski definition) is 2. The fraction of sp³-hybridized carbons (Fsp3) is 0.0769. The number of halogens is 1. The lowest BCUT2D eigenvalue weighted by atomic mass is 10.2. The quantitative estimate of drug-likeness (QED) is 0.900. The van der Waals surface area contributed by atoms with Crippen LogP contribution in [-0.2, 0) is 6.54 Å². The molecule has 0 spiro atoms. The van der Waals surface area contributed by atoms with E-state index in [9.17, 15) is 9.18 Å². The number of aromatic carboxylic acids is 1. The number of nitrogens with one attached hydrogen (secondary N) is 1. The number of nitrogens with zero attached hydrogens (tertiary/aromatic N) is 1. The SMILES string of the molecule is N#Cc1ccc(NCc2cc(C(=O)O)cs2)c(F)c1. The molecule has 96 valence electrons. The summed E-state index contributed by atoms with van der Waals surface area (Å²) in [5.41, 5.74) is 0.763. The maximum Gasteiger partial charge on any atom is 0.336 e. The molecule has 1 heterocycles. The molecule has 0 aliphatic carbocycles. The van der Waals surface area contributed by atoms with E-state index in [0.717, 1.165) is 10.9 Å². The molecule has 0 radical (unpaired) electrons. The van der Waals surface area contributed by atoms with Crippen molar-refractivity contribution in [1.82, 2.24) is 0 Å². The third-order valence-electron chi connectivity index (χ3n) is 2.45. The highest BCUT2D eigenvalue weighted by Crippen LogP contribution is 2.19. The van der Waals surface area contributed by atoms with Gasteiger partial charge in [0.2, 0.25) is 0 Å². The van der Waals surface area contributed by atoms with Crippen LogP contribution in [0.5, 0.6) is 0 Å². The smallest absolute Gasteiger partial charge is 0.336 e. The largest absolute Gasteiger partial charge is 0.478 e. The van der Waals surface area contributed by atoms with Gasteiger partial charge in [-0.05, 0) is 24.3 Å². The minimum atomic E-state index is -0.980. The fourth-order valence-electron chi connectivity index (χ4n) is 1.50. The van der Waals surface area contributed by atoms with Crippen LogP contribution in [0.2, 0.25) is 0 Å². The molecule has 0 aliphatic heterocycles. The predicted octanol–water partition coefficient (Wildman–Crippen LogP) is 3.07. The molecule has 0 fully saturated rings. The third-order valence-corrected chi connectivity index (χ3v) is 3.39. The van der Waals surface area contributed by atoms with Crippen molar-refractivity contribution < 1.29 is 14.3 Å². The van der Waals surface area contributed by atoms with E-state index in [0.29, 0.717) is 6.54 Å². The molecule has 4 nitrogen and oxygen atoms in total. The van der Waals surface area contributed by atoms with Crippen molar-refractivity contribution in [1.29, 1.82) is 5.26 Å². The Labute approximate surface area is 112 Å². The second-order valence-corrected chi connectivity index (χ2v) is 4.76. The maximum absolute atomic E-state index is 13.6. The van der Waals surface area contributed by atoms with E-state index in [1.165, 1.54) is 28.8 Å². The highest BCUT2D eigenvalue weighted by molar-refractivity contribution is 7.10. The highest BCUT2D eigenvalue weighted by Gasteiger charge is 2.07. The van der Waals surface area contributed by atoms with Gasteiger partial charge in [0.05, 0.1) is 22.9 Å². The van der Waals surface area contributed by atoms with Gasteiger partial charge in [-0.25, -0.2) is 9.18 Å². The van der Waals surface area contributed by atoms with Crippen LogP contribution in [0.1, 0.15) is 20.8 Å². The summed E-state index contributed by atoms with van der Waals surface area (Å²) in [6.07, 6.45) is 0. The number of carboxylic acids is 1. The molecule has 2 N–H and O–H groups in total. The number of carbonyl (C=O) groups is 1. The van der Waals surface area contributed by atoms with Crippen molar-refractivity contribution in [3.05, 3.63) is 51.5 Å². The molecule has 0 bridgehead atoms. The van der Waals surface area contributed by atoms with Gasteiger partial charge in [0.25, 0.3) is 0 Å². The van der Waals surface area contributed by atoms with Crippen molar-refractivity contribution >= 4 is 23.0 Å². The van der Waals surface area contributed by atoms with Gasteiger partial charge in [0.15, 0.2) is 0 Å². The zero-order valence-corrected chi connectivity index (χ0v) is 10.5. The molecule has 1 aromatic heterocycles. The van der Waals surface area contributed by atoms with Crippen molar-refractivity contribution in [2.75, 3.05) is 5.32 Å². The first-order valence-corrected chi connectivity index (χ1v) is 6.22. The van der Waals surface area contributed by atoms with Gasteiger partial charge in [0, 0.05) is 16.8 Å². The van der Waals surface area contributed by atoms with Crippen LogP contribution in [0.3, 0.4) is 0 Å². The first kappa shape index (κ1) is 13.1. The first-order chi connectivity index (χ1) is 9.10. The van der Waals surface area contributed by atoms with Crippen LogP contribution in [0.25, 0.3) is 0 Å². The Kier molecular flexibility index (Phi) is 3.78. The van der Waals surface area contributed by atoms with Crippen LogP contribution >= 0.6 is 11.3 Å². The van der Waals surface area contributed by atoms with Crippen LogP contribution in [0.4, 0.5) is 10.1 Å². The molecule has 1 aromatic carbocycles. The molecule has 0 atom stereocenters. The molecular formula is C13H9FN2O2S. The van der Waals surface area contributed by atoms with Crippen LogP contribution < -0.4 is 5.32 Å². The van der Waals surface area contributed by atoms with E-state index in [2.05, 4.69) is 5.32 Å². The molecule has 0 amide bonds. The summed E-state index contributed by atoms with van der Waals surface area (Å²) in [6.45, 7) is 0.334. The summed E-state index contributed by atoms with van der Waals surface area (Å²) in [4.78, 5) is 11.5. The number of nitriles is 1. The Balaban J connectivity index is 2.06. The number of rotatable bonds is 4. The maximum atomic E-state index is 13.6. The van der Waals surface area contributed by atoms with Crippen LogP contribution in [0, 0.1) is 17.1 Å². The van der Waals surface area contributed by atoms with Crippen molar-refractivity contribution in [3.63, 3.8) is 0 Å². The van der Waals surface area contributed by atoms with Gasteiger partial charge >= 0.3 is 5.97 Å². The lowest BCUT2D eigenvalue weighted by molar-refractivity contribution is 0.0697. The molecule has 2 rings (SSSR count). The normalized spacial score (nSPS) is 9.89. The second-order valence-electron chi connectivity index (χ2n) is 3.77. The average molecular weight is 276 g/mol. The molecule has 0 aliphatic rings. The molecule has 6 heteroatoms. The van der Waals surface area contributed by atoms with Gasteiger partial charge in [0.1, 0.15) is 5.82 Å². The summed E-state index contributed by atoms with van der Waals surface area (Å²) in [6, 6.07) is 7.55. The standard InChI is InChI=1S/C13H9FN2O2S/c14-11-3-8(5-15)1-2-12(11)16-6-10-4-9(7-19-10)13(17)18/h1-4,7,16H,6H2,(H,17,18). The zero-order chi connectivity index (χ0) is 13.8. The summed E-state index contributed by atoms with van der Waals surface area (Å²) in [5.74, 6) is -1.49. The molecule has 0 saturated carbocycles. The minimum Gasteiger partial charge on any atom is -0.478 e. The monoisotopic (exact) mass is 276 g/mol. The van der Waals surface area contributed by atoms with E-state index in [4.69, 9.17) is 10.4 Å². The Morgan fingerprint density at radius 3 is 2.84 bits per heavy atom. The van der Waals surface area contributed by atoms with Gasteiger partial charge < -0.3 is 10.4 Å². The predicted molar refractivity (Wildman–Crippen MR) is 69.7 cm³/mol. The molecule has 0 saturated heterocycles. The first-order valence-electron chi connectivity index (χ1n) is 5.34. The highest BCUT2D eigenvalue weighted by atomic mass is 32.1. The topological polar surface area (TPSA) is 73.1 Å². The van der Waals surface area contributed by atoms with E-state index in [-0.39, 0.29) is 16.8 Å². The number of hydrogen-bond acceptors (Lipinski definition) is 4. The van der Waals surface area contributed by atoms with E-state index >= 15 is 0 Å². The minimum absolute atomic E-state index is 0.224. The molecule has 2 aromatic rings. The summed E-state index contributed by atoms with van der Waals surface area (Å²) in [5, 5.41) is 21.8. The summed E-state index contributed by atoms with van der Waals surface area (Å²) < 4.78 is 13.6. The van der Waals surface area contributed by atoms with Gasteiger partial charge in [-0.15, -0.1) is 11.3 Å². The van der Waals surface area contributed by atoms with E-state index < -0.39 is 11.8 Å².